The summed E-state index contributed by atoms with van der Waals surface area (Å²) in [5.74, 6) is -2.18. The van der Waals surface area contributed by atoms with E-state index in [1.807, 2.05) is 0 Å². The second-order valence-electron chi connectivity index (χ2n) is 11.6. The smallest absolute Gasteiger partial charge is 0.416 e. The molecule has 16 heteroatoms. The minimum atomic E-state index is -4.78. The van der Waals surface area contributed by atoms with Crippen LogP contribution >= 0.6 is 0 Å². The van der Waals surface area contributed by atoms with E-state index in [0.29, 0.717) is 18.9 Å². The number of anilines is 1. The summed E-state index contributed by atoms with van der Waals surface area (Å²) < 4.78 is 68.6. The quantitative estimate of drug-likeness (QED) is 0.337. The van der Waals surface area contributed by atoms with E-state index in [4.69, 9.17) is 9.88 Å². The van der Waals surface area contributed by atoms with Crippen molar-refractivity contribution in [3.63, 3.8) is 0 Å². The molecule has 0 aliphatic heterocycles. The monoisotopic (exact) mass is 655 g/mol. The van der Waals surface area contributed by atoms with E-state index >= 15 is 0 Å². The molecule has 1 aliphatic carbocycles. The number of carbonyl (C=O) groups excluding carboxylic acids is 4. The van der Waals surface area contributed by atoms with Crippen LogP contribution in [0.1, 0.15) is 72.7 Å². The highest BCUT2D eigenvalue weighted by Crippen LogP contribution is 2.33. The lowest BCUT2D eigenvalue weighted by molar-refractivity contribution is -0.137. The van der Waals surface area contributed by atoms with Crippen LogP contribution in [0.15, 0.2) is 47.4 Å². The van der Waals surface area contributed by atoms with E-state index < -0.39 is 75.4 Å². The van der Waals surface area contributed by atoms with Gasteiger partial charge in [-0.05, 0) is 76.1 Å². The van der Waals surface area contributed by atoms with E-state index in [1.165, 1.54) is 31.3 Å². The van der Waals surface area contributed by atoms with Crippen molar-refractivity contribution >= 4 is 39.5 Å². The number of nitrogens with two attached hydrogens (primary N) is 1. The number of carbonyl (C=O) groups is 4. The molecule has 1 saturated carbocycles. The number of ether oxygens (including phenoxy) is 1. The zero-order valence-corrected chi connectivity index (χ0v) is 26.0. The van der Waals surface area contributed by atoms with Gasteiger partial charge in [0.05, 0.1) is 28.3 Å². The molecule has 1 fully saturated rings. The van der Waals surface area contributed by atoms with Crippen molar-refractivity contribution in [3.8, 4) is 0 Å². The molecule has 246 valence electrons. The summed E-state index contributed by atoms with van der Waals surface area (Å²) in [4.78, 5) is 52.0. The minimum Gasteiger partial charge on any atom is -0.443 e. The molecule has 0 spiro atoms. The van der Waals surface area contributed by atoms with Crippen molar-refractivity contribution < 1.29 is 45.5 Å². The molecular weight excluding hydrogens is 619 g/mol. The lowest BCUT2D eigenvalue weighted by Crippen LogP contribution is -2.54. The van der Waals surface area contributed by atoms with Crippen LogP contribution in [0.3, 0.4) is 0 Å². The number of benzene rings is 2. The van der Waals surface area contributed by atoms with Crippen molar-refractivity contribution in [2.45, 2.75) is 75.2 Å². The molecule has 5 N–H and O–H groups in total. The molecule has 0 bridgehead atoms. The Balaban J connectivity index is 1.69. The molecule has 3 rings (SSSR count). The number of primary sulfonamides is 1. The maximum atomic E-state index is 13.5. The Morgan fingerprint density at radius 2 is 1.51 bits per heavy atom. The van der Waals surface area contributed by atoms with Gasteiger partial charge in [-0.1, -0.05) is 12.8 Å². The number of amides is 4. The summed E-state index contributed by atoms with van der Waals surface area (Å²) in [6.45, 7) is 4.22. The molecule has 2 atom stereocenters. The maximum Gasteiger partial charge on any atom is 0.416 e. The van der Waals surface area contributed by atoms with Crippen LogP contribution in [0.4, 0.5) is 23.7 Å². The number of alkyl halides is 3. The van der Waals surface area contributed by atoms with Crippen molar-refractivity contribution in [1.29, 1.82) is 0 Å². The molecular formula is C29H36F3N5O7S. The van der Waals surface area contributed by atoms with E-state index in [9.17, 15) is 40.8 Å². The second-order valence-corrected chi connectivity index (χ2v) is 13.1. The van der Waals surface area contributed by atoms with Gasteiger partial charge in [-0.3, -0.25) is 19.3 Å². The highest BCUT2D eigenvalue weighted by Gasteiger charge is 2.34. The Bertz CT molecular complexity index is 1540. The highest BCUT2D eigenvalue weighted by molar-refractivity contribution is 7.89. The van der Waals surface area contributed by atoms with Gasteiger partial charge in [0.25, 0.3) is 11.8 Å². The first-order valence-corrected chi connectivity index (χ1v) is 15.5. The van der Waals surface area contributed by atoms with Gasteiger partial charge in [-0.2, -0.15) is 13.2 Å². The molecule has 0 saturated heterocycles. The molecule has 1 aliphatic rings. The molecule has 0 heterocycles. The van der Waals surface area contributed by atoms with E-state index in [0.717, 1.165) is 29.9 Å². The lowest BCUT2D eigenvalue weighted by atomic mass is 9.90. The largest absolute Gasteiger partial charge is 0.443 e. The molecule has 12 nitrogen and oxygen atoms in total. The Morgan fingerprint density at radius 3 is 2.04 bits per heavy atom. The SMILES string of the molecule is CN(C(=O)OC(C)(C)C)c1ccc(C(F)(F)F)cc1C(=O)NCC(=O)N[C@@H]1CCCC[C@@H]1NC(=O)c1ccc(S(N)(=O)=O)cc1. The van der Waals surface area contributed by atoms with E-state index in [-0.39, 0.29) is 16.1 Å². The van der Waals surface area contributed by atoms with Crippen LogP contribution in [0.2, 0.25) is 0 Å². The summed E-state index contributed by atoms with van der Waals surface area (Å²) in [5.41, 5.74) is -2.52. The van der Waals surface area contributed by atoms with Gasteiger partial charge in [-0.15, -0.1) is 0 Å². The van der Waals surface area contributed by atoms with Gasteiger partial charge in [-0.25, -0.2) is 18.4 Å². The highest BCUT2D eigenvalue weighted by atomic mass is 32.2. The first-order valence-electron chi connectivity index (χ1n) is 14.0. The molecule has 0 aromatic heterocycles. The molecule has 45 heavy (non-hydrogen) atoms. The molecule has 0 radical (unpaired) electrons. The number of halogens is 3. The predicted molar refractivity (Wildman–Crippen MR) is 158 cm³/mol. The molecule has 4 amide bonds. The van der Waals surface area contributed by atoms with Gasteiger partial charge >= 0.3 is 12.3 Å². The zero-order chi connectivity index (χ0) is 33.7. The lowest BCUT2D eigenvalue weighted by Gasteiger charge is -2.33. The summed E-state index contributed by atoms with van der Waals surface area (Å²) >= 11 is 0. The Labute approximate surface area is 258 Å². The predicted octanol–water partition coefficient (Wildman–Crippen LogP) is 3.31. The second kappa shape index (κ2) is 13.9. The van der Waals surface area contributed by atoms with Crippen LogP contribution in [-0.4, -0.2) is 63.5 Å². The summed E-state index contributed by atoms with van der Waals surface area (Å²) in [5, 5.41) is 13.0. The summed E-state index contributed by atoms with van der Waals surface area (Å²) in [7, 11) is -2.69. The Kier molecular flexibility index (Phi) is 10.9. The normalized spacial score (nSPS) is 17.2. The fraction of sp³-hybridized carbons (Fsp3) is 0.448. The van der Waals surface area contributed by atoms with Crippen LogP contribution < -0.4 is 26.0 Å². The third-order valence-corrected chi connectivity index (χ3v) is 7.81. The van der Waals surface area contributed by atoms with Crippen molar-refractivity contribution in [2.75, 3.05) is 18.5 Å². The fourth-order valence-electron chi connectivity index (χ4n) is 4.65. The third kappa shape index (κ3) is 9.91. The van der Waals surface area contributed by atoms with E-state index in [2.05, 4.69) is 16.0 Å². The minimum absolute atomic E-state index is 0.155. The van der Waals surface area contributed by atoms with Crippen molar-refractivity contribution in [3.05, 3.63) is 59.2 Å². The number of hydrogen-bond donors (Lipinski definition) is 4. The maximum absolute atomic E-state index is 13.5. The van der Waals surface area contributed by atoms with Crippen LogP contribution in [0.25, 0.3) is 0 Å². The summed E-state index contributed by atoms with van der Waals surface area (Å²) in [6.07, 6.45) is -3.13. The summed E-state index contributed by atoms with van der Waals surface area (Å²) in [6, 6.07) is 6.31. The zero-order valence-electron chi connectivity index (χ0n) is 25.2. The first-order chi connectivity index (χ1) is 20.8. The number of hydrogen-bond acceptors (Lipinski definition) is 7. The van der Waals surface area contributed by atoms with Crippen molar-refractivity contribution in [2.24, 2.45) is 5.14 Å². The average Bonchev–Trinajstić information content (AvgIpc) is 2.94. The van der Waals surface area contributed by atoms with Crippen LogP contribution in [0.5, 0.6) is 0 Å². The van der Waals surface area contributed by atoms with Crippen LogP contribution in [0, 0.1) is 0 Å². The number of nitrogens with one attached hydrogen (secondary N) is 3. The Morgan fingerprint density at radius 1 is 0.933 bits per heavy atom. The molecule has 2 aromatic carbocycles. The van der Waals surface area contributed by atoms with Crippen molar-refractivity contribution in [1.82, 2.24) is 16.0 Å². The number of rotatable bonds is 8. The first kappa shape index (κ1) is 35.3. The van der Waals surface area contributed by atoms with Gasteiger partial charge in [0.1, 0.15) is 5.60 Å². The topological polar surface area (TPSA) is 177 Å². The van der Waals surface area contributed by atoms with Gasteiger partial charge in [0.15, 0.2) is 0 Å². The van der Waals surface area contributed by atoms with E-state index in [1.54, 1.807) is 20.8 Å². The fourth-order valence-corrected chi connectivity index (χ4v) is 5.17. The molecule has 2 aromatic rings. The van der Waals surface area contributed by atoms with Gasteiger partial charge in [0.2, 0.25) is 15.9 Å². The standard InChI is InChI=1S/C29H36F3N5O7S/c1-28(2,3)44-27(41)37(4)23-14-11-18(29(30,31)32)15-20(23)26(40)34-16-24(38)35-21-7-5-6-8-22(21)36-25(39)17-9-12-19(13-10-17)45(33,42)43/h9-15,21-22H,5-8,16H2,1-4H3,(H,34,40)(H,35,38)(H,36,39)(H2,33,42,43)/t21-,22+/m1/s1. The number of nitrogens with zero attached hydrogens (tertiary/aromatic N) is 1. The molecule has 0 unspecified atom stereocenters. The Hall–Kier alpha value is -4.18. The van der Waals surface area contributed by atoms with Gasteiger partial charge in [0, 0.05) is 24.7 Å². The van der Waals surface area contributed by atoms with Gasteiger partial charge < -0.3 is 20.7 Å². The number of sulfonamides is 1. The average molecular weight is 656 g/mol. The van der Waals surface area contributed by atoms with Crippen LogP contribution in [-0.2, 0) is 25.7 Å². The third-order valence-electron chi connectivity index (χ3n) is 6.88.